The second kappa shape index (κ2) is 4.56. The Labute approximate surface area is 133 Å². The topological polar surface area (TPSA) is 37.3 Å². The van der Waals surface area contributed by atoms with Crippen LogP contribution in [0.5, 0.6) is 0 Å². The van der Waals surface area contributed by atoms with Crippen LogP contribution in [0.4, 0.5) is 0 Å². The third-order valence-corrected chi connectivity index (χ3v) is 7.96. The van der Waals surface area contributed by atoms with E-state index >= 15 is 0 Å². The van der Waals surface area contributed by atoms with Gasteiger partial charge in [0.05, 0.1) is 6.10 Å². The van der Waals surface area contributed by atoms with E-state index in [1.54, 1.807) is 0 Å². The lowest BCUT2D eigenvalue weighted by Crippen LogP contribution is -2.49. The molecule has 0 radical (unpaired) electrons. The van der Waals surface area contributed by atoms with Gasteiger partial charge < -0.3 is 5.11 Å². The Kier molecular flexibility index (Phi) is 3.05. The average molecular weight is 300 g/mol. The Morgan fingerprint density at radius 3 is 2.68 bits per heavy atom. The van der Waals surface area contributed by atoms with Gasteiger partial charge in [0.25, 0.3) is 0 Å². The van der Waals surface area contributed by atoms with E-state index in [0.717, 1.165) is 37.7 Å². The lowest BCUT2D eigenvalue weighted by Gasteiger charge is -2.57. The van der Waals surface area contributed by atoms with E-state index in [9.17, 15) is 9.90 Å². The molecular formula is C20H28O2. The molecule has 0 bridgehead atoms. The molecule has 2 nitrogen and oxygen atoms in total. The van der Waals surface area contributed by atoms with Crippen molar-refractivity contribution < 1.29 is 9.90 Å². The van der Waals surface area contributed by atoms with Gasteiger partial charge in [0.15, 0.2) is 5.78 Å². The number of rotatable bonds is 0. The van der Waals surface area contributed by atoms with Crippen molar-refractivity contribution in [2.75, 3.05) is 0 Å². The summed E-state index contributed by atoms with van der Waals surface area (Å²) in [6.07, 6.45) is 8.99. The lowest BCUT2D eigenvalue weighted by molar-refractivity contribution is -0.117. The largest absolute Gasteiger partial charge is 0.389 e. The summed E-state index contributed by atoms with van der Waals surface area (Å²) >= 11 is 0. The first-order chi connectivity index (χ1) is 10.4. The summed E-state index contributed by atoms with van der Waals surface area (Å²) in [7, 11) is 0. The van der Waals surface area contributed by atoms with Crippen LogP contribution in [0.15, 0.2) is 23.8 Å². The molecule has 2 heteroatoms. The summed E-state index contributed by atoms with van der Waals surface area (Å²) in [5, 5.41) is 10.4. The zero-order valence-electron chi connectivity index (χ0n) is 13.9. The Morgan fingerprint density at radius 2 is 1.91 bits per heavy atom. The van der Waals surface area contributed by atoms with E-state index in [4.69, 9.17) is 0 Å². The van der Waals surface area contributed by atoms with Crippen molar-refractivity contribution in [1.82, 2.24) is 0 Å². The third-order valence-electron chi connectivity index (χ3n) is 7.96. The predicted octanol–water partition coefficient (Wildman–Crippen LogP) is 4.05. The summed E-state index contributed by atoms with van der Waals surface area (Å²) in [6.45, 7) is 8.98. The normalized spacial score (nSPS) is 51.0. The Balaban J connectivity index is 1.70. The number of carbonyl (C=O) groups excluding carboxylic acids is 1. The molecule has 120 valence electrons. The summed E-state index contributed by atoms with van der Waals surface area (Å²) in [4.78, 5) is 11.8. The van der Waals surface area contributed by atoms with Crippen molar-refractivity contribution in [3.05, 3.63) is 23.8 Å². The molecule has 4 rings (SSSR count). The van der Waals surface area contributed by atoms with Crippen molar-refractivity contribution in [3.63, 3.8) is 0 Å². The summed E-state index contributed by atoms with van der Waals surface area (Å²) in [5.41, 5.74) is 2.88. The predicted molar refractivity (Wildman–Crippen MR) is 87.2 cm³/mol. The van der Waals surface area contributed by atoms with E-state index in [-0.39, 0.29) is 16.9 Å². The first-order valence-corrected chi connectivity index (χ1v) is 8.97. The molecular weight excluding hydrogens is 272 g/mol. The SMILES string of the molecule is C=C1C(O)CC2C3CCC4=CC(=O)CCC4(C)C3CCC12C. The summed E-state index contributed by atoms with van der Waals surface area (Å²) in [5.74, 6) is 2.31. The zero-order chi connectivity index (χ0) is 15.7. The molecule has 0 spiro atoms. The van der Waals surface area contributed by atoms with Crippen LogP contribution in [0, 0.1) is 28.6 Å². The molecule has 6 unspecified atom stereocenters. The van der Waals surface area contributed by atoms with E-state index < -0.39 is 0 Å². The number of hydrogen-bond acceptors (Lipinski definition) is 2. The average Bonchev–Trinajstić information content (AvgIpc) is 2.72. The fraction of sp³-hybridized carbons (Fsp3) is 0.750. The molecule has 0 heterocycles. The highest BCUT2D eigenvalue weighted by molar-refractivity contribution is 5.91. The van der Waals surface area contributed by atoms with Gasteiger partial charge >= 0.3 is 0 Å². The van der Waals surface area contributed by atoms with Gasteiger partial charge in [-0.1, -0.05) is 26.0 Å². The van der Waals surface area contributed by atoms with Crippen LogP contribution in [-0.4, -0.2) is 17.0 Å². The maximum absolute atomic E-state index is 11.8. The molecule has 3 saturated carbocycles. The minimum absolute atomic E-state index is 0.142. The molecule has 0 aromatic rings. The molecule has 4 aliphatic rings. The van der Waals surface area contributed by atoms with Gasteiger partial charge in [0, 0.05) is 6.42 Å². The third kappa shape index (κ3) is 1.73. The molecule has 0 amide bonds. The summed E-state index contributed by atoms with van der Waals surface area (Å²) in [6, 6.07) is 0. The number of fused-ring (bicyclic) bond motifs is 5. The van der Waals surface area contributed by atoms with Gasteiger partial charge in [-0.05, 0) is 78.8 Å². The van der Waals surface area contributed by atoms with E-state index in [1.807, 2.05) is 6.08 Å². The molecule has 0 aromatic heterocycles. The molecule has 22 heavy (non-hydrogen) atoms. The Morgan fingerprint density at radius 1 is 1.14 bits per heavy atom. The minimum atomic E-state index is -0.300. The van der Waals surface area contributed by atoms with Gasteiger partial charge in [-0.15, -0.1) is 0 Å². The van der Waals surface area contributed by atoms with E-state index in [0.29, 0.717) is 23.5 Å². The monoisotopic (exact) mass is 300 g/mol. The maximum Gasteiger partial charge on any atom is 0.155 e. The molecule has 1 N–H and O–H groups in total. The van der Waals surface area contributed by atoms with Crippen molar-refractivity contribution in [1.29, 1.82) is 0 Å². The van der Waals surface area contributed by atoms with Gasteiger partial charge in [-0.3, -0.25) is 4.79 Å². The standard InChI is InChI=1S/C20H28O2/c1-12-18(22)11-17-15-5-4-13-10-14(21)6-8-20(13,3)16(15)7-9-19(12,17)2/h10,15-18,22H,1,4-9,11H2,2-3H3. The number of hydrogen-bond donors (Lipinski definition) is 1. The number of carbonyl (C=O) groups is 1. The van der Waals surface area contributed by atoms with Crippen molar-refractivity contribution in [2.45, 2.75) is 64.9 Å². The number of ketones is 1. The Hall–Kier alpha value is -0.890. The van der Waals surface area contributed by atoms with Gasteiger partial charge in [-0.25, -0.2) is 0 Å². The number of allylic oxidation sites excluding steroid dienone is 1. The van der Waals surface area contributed by atoms with Crippen molar-refractivity contribution in [3.8, 4) is 0 Å². The van der Waals surface area contributed by atoms with Crippen LogP contribution in [0.25, 0.3) is 0 Å². The highest BCUT2D eigenvalue weighted by atomic mass is 16.3. The highest BCUT2D eigenvalue weighted by Gasteiger charge is 2.58. The van der Waals surface area contributed by atoms with Crippen molar-refractivity contribution in [2.24, 2.45) is 28.6 Å². The lowest BCUT2D eigenvalue weighted by atomic mass is 9.47. The second-order valence-corrected chi connectivity index (χ2v) is 8.70. The molecule has 0 aromatic carbocycles. The van der Waals surface area contributed by atoms with Crippen LogP contribution in [0.2, 0.25) is 0 Å². The Bertz CT molecular complexity index is 574. The first-order valence-electron chi connectivity index (χ1n) is 8.97. The van der Waals surface area contributed by atoms with Crippen molar-refractivity contribution >= 4 is 5.78 Å². The van der Waals surface area contributed by atoms with Crippen LogP contribution < -0.4 is 0 Å². The van der Waals surface area contributed by atoms with Gasteiger partial charge in [-0.2, -0.15) is 0 Å². The molecule has 4 aliphatic carbocycles. The highest BCUT2D eigenvalue weighted by Crippen LogP contribution is 2.66. The second-order valence-electron chi connectivity index (χ2n) is 8.70. The quantitative estimate of drug-likeness (QED) is 0.685. The number of aliphatic hydroxyl groups excluding tert-OH is 1. The van der Waals surface area contributed by atoms with Gasteiger partial charge in [0.1, 0.15) is 0 Å². The summed E-state index contributed by atoms with van der Waals surface area (Å²) < 4.78 is 0. The molecule has 0 aliphatic heterocycles. The maximum atomic E-state index is 11.8. The molecule has 0 saturated heterocycles. The number of aliphatic hydroxyl groups is 1. The van der Waals surface area contributed by atoms with Crippen LogP contribution in [0.3, 0.4) is 0 Å². The van der Waals surface area contributed by atoms with Crippen LogP contribution in [-0.2, 0) is 4.79 Å². The minimum Gasteiger partial charge on any atom is -0.389 e. The zero-order valence-corrected chi connectivity index (χ0v) is 13.9. The fourth-order valence-electron chi connectivity index (χ4n) is 6.48. The van der Waals surface area contributed by atoms with E-state index in [2.05, 4.69) is 20.4 Å². The van der Waals surface area contributed by atoms with Gasteiger partial charge in [0.2, 0.25) is 0 Å². The fourth-order valence-corrected chi connectivity index (χ4v) is 6.48. The van der Waals surface area contributed by atoms with Crippen LogP contribution >= 0.6 is 0 Å². The van der Waals surface area contributed by atoms with E-state index in [1.165, 1.54) is 18.4 Å². The molecule has 6 atom stereocenters. The first kappa shape index (κ1) is 14.7. The van der Waals surface area contributed by atoms with Crippen LogP contribution in [0.1, 0.15) is 58.8 Å². The smallest absolute Gasteiger partial charge is 0.155 e. The molecule has 3 fully saturated rings.